The van der Waals surface area contributed by atoms with E-state index in [9.17, 15) is 0 Å². The van der Waals surface area contributed by atoms with Gasteiger partial charge in [-0.2, -0.15) is 0 Å². The summed E-state index contributed by atoms with van der Waals surface area (Å²) in [7, 11) is 0. The minimum Gasteiger partial charge on any atom is -0.656 e. The Balaban J connectivity index is 0.00000481. The quantitative estimate of drug-likeness (QED) is 0.156. The molecule has 0 radical (unpaired) electrons. The molecule has 0 aliphatic heterocycles. The summed E-state index contributed by atoms with van der Waals surface area (Å²) < 4.78 is 4.60. The van der Waals surface area contributed by atoms with Gasteiger partial charge < -0.3 is 9.55 Å². The van der Waals surface area contributed by atoms with Crippen LogP contribution in [-0.4, -0.2) is 19.1 Å². The van der Waals surface area contributed by atoms with E-state index in [0.717, 1.165) is 94.2 Å². The molecule has 320 valence electrons. The van der Waals surface area contributed by atoms with E-state index in [1.54, 1.807) is 0 Å². The largest absolute Gasteiger partial charge is 2.00 e. The summed E-state index contributed by atoms with van der Waals surface area (Å²) in [5.74, 6) is 1.69. The number of aryl methyl sites for hydroxylation is 6. The summed E-state index contributed by atoms with van der Waals surface area (Å²) in [4.78, 5) is 15.9. The maximum absolute atomic E-state index is 5.70. The van der Waals surface area contributed by atoms with Crippen LogP contribution in [0.4, 0.5) is 0 Å². The maximum atomic E-state index is 5.70. The van der Waals surface area contributed by atoms with Crippen molar-refractivity contribution in [2.75, 3.05) is 0 Å². The summed E-state index contributed by atoms with van der Waals surface area (Å²) in [6.07, 6.45) is 1.87. The van der Waals surface area contributed by atoms with Crippen LogP contribution in [0.1, 0.15) is 33.4 Å². The number of hydrogen-bond donors (Lipinski definition) is 0. The van der Waals surface area contributed by atoms with Crippen LogP contribution in [-0.2, 0) is 21.1 Å². The van der Waals surface area contributed by atoms with E-state index in [0.29, 0.717) is 0 Å². The molecule has 12 rings (SSSR count). The van der Waals surface area contributed by atoms with E-state index in [4.69, 9.17) is 15.0 Å². The molecule has 0 atom stereocenters. The summed E-state index contributed by atoms with van der Waals surface area (Å²) in [5.41, 5.74) is 22.3. The van der Waals surface area contributed by atoms with Crippen LogP contribution in [0.3, 0.4) is 0 Å². The van der Waals surface area contributed by atoms with Crippen molar-refractivity contribution < 1.29 is 21.1 Å². The molecule has 4 aromatic heterocycles. The van der Waals surface area contributed by atoms with Crippen molar-refractivity contribution in [1.29, 1.82) is 0 Å². The minimum atomic E-state index is 0. The first kappa shape index (κ1) is 41.4. The molecule has 6 heteroatoms. The number of pyridine rings is 1. The first-order valence-corrected chi connectivity index (χ1v) is 22.4. The molecule has 12 aromatic rings. The Kier molecular flexibility index (Phi) is 10.0. The Hall–Kier alpha value is -7.33. The first-order valence-electron chi connectivity index (χ1n) is 22.4. The summed E-state index contributed by atoms with van der Waals surface area (Å²) in [5, 5.41) is 4.54. The van der Waals surface area contributed by atoms with Gasteiger partial charge >= 0.3 is 21.1 Å². The predicted octanol–water partition coefficient (Wildman–Crippen LogP) is 15.1. The average molecular weight is 1030 g/mol. The molecule has 0 N–H and O–H groups in total. The van der Waals surface area contributed by atoms with Crippen LogP contribution in [0.5, 0.6) is 0 Å². The molecule has 0 saturated carbocycles. The van der Waals surface area contributed by atoms with Crippen molar-refractivity contribution >= 4 is 54.6 Å². The van der Waals surface area contributed by atoms with Crippen molar-refractivity contribution in [3.8, 4) is 56.3 Å². The van der Waals surface area contributed by atoms with Crippen LogP contribution in [0.2, 0.25) is 0 Å². The Bertz CT molecular complexity index is 3840. The van der Waals surface area contributed by atoms with Gasteiger partial charge in [0.05, 0.1) is 11.0 Å². The summed E-state index contributed by atoms with van der Waals surface area (Å²) in [6, 6.07) is 60.8. The zero-order valence-electron chi connectivity index (χ0n) is 37.6. The van der Waals surface area contributed by atoms with Gasteiger partial charge in [-0.1, -0.05) is 131 Å². The Morgan fingerprint density at radius 2 is 1.18 bits per heavy atom. The molecule has 4 heterocycles. The third-order valence-corrected chi connectivity index (χ3v) is 13.3. The maximum Gasteiger partial charge on any atom is 2.00 e. The van der Waals surface area contributed by atoms with Gasteiger partial charge in [0.1, 0.15) is 11.6 Å². The number of fused-ring (bicyclic) bond motifs is 7. The molecule has 0 unspecified atom stereocenters. The molecular formula is C60H45N5Pt. The molecule has 8 aromatic carbocycles. The number of para-hydroxylation sites is 3. The molecule has 5 nitrogen and oxygen atoms in total. The second kappa shape index (κ2) is 16.0. The van der Waals surface area contributed by atoms with Gasteiger partial charge in [0.2, 0.25) is 0 Å². The third kappa shape index (κ3) is 6.56. The van der Waals surface area contributed by atoms with Crippen LogP contribution in [0.25, 0.3) is 111 Å². The zero-order valence-corrected chi connectivity index (χ0v) is 39.9. The SMILES string of the molecule is Cc1cc(C)c(-c2ccc3c(c2)c2ccc(-c4cc(-c5c(C)cc(C)cc5C)cc5c4nc(-c4cccc6c4[n-]c4ccccc46)n5-c4ccccc4)[c-]c2n3-c2ccccn2)c(C)c1.[Pt+2]. The predicted molar refractivity (Wildman–Crippen MR) is 271 cm³/mol. The normalized spacial score (nSPS) is 11.7. The number of rotatable bonds is 6. The first-order chi connectivity index (χ1) is 31.7. The fourth-order valence-corrected chi connectivity index (χ4v) is 10.8. The molecule has 0 saturated heterocycles. The monoisotopic (exact) mass is 1030 g/mol. The van der Waals surface area contributed by atoms with Crippen molar-refractivity contribution in [3.63, 3.8) is 0 Å². The fourth-order valence-electron chi connectivity index (χ4n) is 10.8. The standard InChI is InChI=1S/C60H45N5.Pt/c1-35-27-37(3)56(38(4)28-35)42-23-25-52-50(31-42)46-24-22-41(33-53(46)65(52)55-21-12-13-26-61-55)49-32-43(57-39(5)29-36(2)30-40(57)6)34-54-59(49)63-60(64(54)44-15-8-7-9-16-44)48-19-14-18-47-45-17-10-11-20-51(45)62-58(47)48;/h7-32,34H,1-6H3;/q-2;+2. The van der Waals surface area contributed by atoms with Gasteiger partial charge in [0.15, 0.2) is 0 Å². The minimum absolute atomic E-state index is 0. The molecule has 0 aliphatic rings. The smallest absolute Gasteiger partial charge is 0.656 e. The molecule has 0 bridgehead atoms. The summed E-state index contributed by atoms with van der Waals surface area (Å²) in [6.45, 7) is 13.2. The molecule has 66 heavy (non-hydrogen) atoms. The number of nitrogens with zero attached hydrogens (tertiary/aromatic N) is 5. The van der Waals surface area contributed by atoms with Gasteiger partial charge in [-0.3, -0.25) is 4.57 Å². The van der Waals surface area contributed by atoms with Gasteiger partial charge in [-0.15, -0.1) is 34.8 Å². The van der Waals surface area contributed by atoms with Gasteiger partial charge in [-0.25, -0.2) is 9.97 Å². The Morgan fingerprint density at radius 1 is 0.500 bits per heavy atom. The van der Waals surface area contributed by atoms with Gasteiger partial charge in [0.25, 0.3) is 0 Å². The second-order valence-corrected chi connectivity index (χ2v) is 17.8. The van der Waals surface area contributed by atoms with Gasteiger partial charge in [0, 0.05) is 23.0 Å². The fraction of sp³-hybridized carbons (Fsp3) is 0.100. The molecule has 0 fully saturated rings. The van der Waals surface area contributed by atoms with Crippen molar-refractivity contribution in [3.05, 3.63) is 203 Å². The Morgan fingerprint density at radius 3 is 1.91 bits per heavy atom. The van der Waals surface area contributed by atoms with E-state index < -0.39 is 0 Å². The van der Waals surface area contributed by atoms with Gasteiger partial charge in [-0.05, 0) is 144 Å². The Labute approximate surface area is 398 Å². The van der Waals surface area contributed by atoms with E-state index in [-0.39, 0.29) is 21.1 Å². The van der Waals surface area contributed by atoms with Crippen molar-refractivity contribution in [2.24, 2.45) is 0 Å². The van der Waals surface area contributed by atoms with E-state index in [2.05, 4.69) is 208 Å². The van der Waals surface area contributed by atoms with E-state index >= 15 is 0 Å². The van der Waals surface area contributed by atoms with Crippen LogP contribution in [0.15, 0.2) is 164 Å². The number of aromatic nitrogens is 5. The van der Waals surface area contributed by atoms with Crippen molar-refractivity contribution in [1.82, 2.24) is 24.1 Å². The molecular weight excluding hydrogens is 986 g/mol. The van der Waals surface area contributed by atoms with Crippen LogP contribution < -0.4 is 4.98 Å². The third-order valence-electron chi connectivity index (χ3n) is 13.3. The number of hydrogen-bond acceptors (Lipinski definition) is 2. The van der Waals surface area contributed by atoms with E-state index in [1.807, 2.05) is 12.3 Å². The molecule has 0 aliphatic carbocycles. The van der Waals surface area contributed by atoms with Crippen LogP contribution >= 0.6 is 0 Å². The molecule has 0 amide bonds. The second-order valence-electron chi connectivity index (χ2n) is 17.8. The van der Waals surface area contributed by atoms with E-state index in [1.165, 1.54) is 50.1 Å². The average Bonchev–Trinajstić information content (AvgIpc) is 3.98. The van der Waals surface area contributed by atoms with Crippen molar-refractivity contribution in [2.45, 2.75) is 41.5 Å². The number of imidazole rings is 1. The zero-order chi connectivity index (χ0) is 44.1. The number of benzene rings is 8. The topological polar surface area (TPSA) is 49.7 Å². The van der Waals surface area contributed by atoms with Crippen LogP contribution in [0, 0.1) is 47.6 Å². The molecule has 0 spiro atoms. The summed E-state index contributed by atoms with van der Waals surface area (Å²) >= 11 is 0.